The van der Waals surface area contributed by atoms with Crippen LogP contribution in [-0.4, -0.2) is 22.1 Å². The molecule has 3 rings (SSSR count). The lowest BCUT2D eigenvalue weighted by molar-refractivity contribution is 0.263. The van der Waals surface area contributed by atoms with Crippen molar-refractivity contribution in [1.82, 2.24) is 4.72 Å². The van der Waals surface area contributed by atoms with E-state index >= 15 is 0 Å². The molecule has 0 radical (unpaired) electrons. The highest BCUT2D eigenvalue weighted by Crippen LogP contribution is 2.33. The summed E-state index contributed by atoms with van der Waals surface area (Å²) < 4.78 is 38.9. The predicted octanol–water partition coefficient (Wildman–Crippen LogP) is 2.81. The summed E-state index contributed by atoms with van der Waals surface area (Å²) in [6.07, 6.45) is 0.603. The van der Waals surface area contributed by atoms with Gasteiger partial charge in [0, 0.05) is 12.0 Å². The van der Waals surface area contributed by atoms with Crippen LogP contribution < -0.4 is 14.2 Å². The van der Waals surface area contributed by atoms with Gasteiger partial charge in [-0.05, 0) is 36.8 Å². The topological polar surface area (TPSA) is 64.6 Å². The van der Waals surface area contributed by atoms with Crippen LogP contribution in [0, 0.1) is 6.92 Å². The van der Waals surface area contributed by atoms with Gasteiger partial charge in [-0.3, -0.25) is 0 Å². The van der Waals surface area contributed by atoms with Crippen molar-refractivity contribution in [3.8, 4) is 11.5 Å². The molecule has 0 fully saturated rings. The van der Waals surface area contributed by atoms with E-state index in [1.807, 2.05) is 31.2 Å². The smallest absolute Gasteiger partial charge is 0.241 e. The number of sulfonamides is 1. The van der Waals surface area contributed by atoms with E-state index in [1.54, 1.807) is 25.3 Å². The van der Waals surface area contributed by atoms with Crippen molar-refractivity contribution in [2.45, 2.75) is 24.3 Å². The summed E-state index contributed by atoms with van der Waals surface area (Å²) in [7, 11) is -2.05. The minimum Gasteiger partial charge on any atom is -0.496 e. The molecular weight excluding hydrogens is 314 g/mol. The van der Waals surface area contributed by atoms with Crippen molar-refractivity contribution in [3.63, 3.8) is 0 Å². The van der Waals surface area contributed by atoms with Gasteiger partial charge in [-0.2, -0.15) is 0 Å². The standard InChI is InChI=1S/C17H19NO4S/c1-12-11-13(7-8-16(12)21-2)23(19,20)18-15-9-10-22-17-6-4-3-5-14(15)17/h3-8,11,15,18H,9-10H2,1-2H3/t15-/m1/s1. The van der Waals surface area contributed by atoms with E-state index in [-0.39, 0.29) is 10.9 Å². The second-order valence-electron chi connectivity index (χ2n) is 5.48. The number of fused-ring (bicyclic) bond motifs is 1. The molecule has 1 aliphatic rings. The average molecular weight is 333 g/mol. The molecule has 0 saturated carbocycles. The molecular formula is C17H19NO4S. The van der Waals surface area contributed by atoms with E-state index in [0.29, 0.717) is 18.8 Å². The summed E-state index contributed by atoms with van der Waals surface area (Å²) in [6, 6.07) is 12.1. The van der Waals surface area contributed by atoms with Crippen LogP contribution in [0.4, 0.5) is 0 Å². The summed E-state index contributed by atoms with van der Waals surface area (Å²) in [5, 5.41) is 0. The first-order valence-corrected chi connectivity index (χ1v) is 8.88. The third-order valence-corrected chi connectivity index (χ3v) is 5.40. The zero-order valence-corrected chi connectivity index (χ0v) is 13.9. The van der Waals surface area contributed by atoms with Gasteiger partial charge in [-0.15, -0.1) is 0 Å². The number of ether oxygens (including phenoxy) is 2. The van der Waals surface area contributed by atoms with E-state index < -0.39 is 10.0 Å². The first kappa shape index (κ1) is 15.8. The van der Waals surface area contributed by atoms with Crippen LogP contribution in [0.25, 0.3) is 0 Å². The molecule has 0 amide bonds. The van der Waals surface area contributed by atoms with Gasteiger partial charge < -0.3 is 9.47 Å². The van der Waals surface area contributed by atoms with E-state index in [0.717, 1.165) is 16.9 Å². The van der Waals surface area contributed by atoms with E-state index in [1.165, 1.54) is 0 Å². The van der Waals surface area contributed by atoms with Gasteiger partial charge in [0.25, 0.3) is 0 Å². The molecule has 1 N–H and O–H groups in total. The largest absolute Gasteiger partial charge is 0.496 e. The Bertz CT molecular complexity index is 817. The minimum absolute atomic E-state index is 0.236. The van der Waals surface area contributed by atoms with Crippen LogP contribution in [0.3, 0.4) is 0 Å². The monoisotopic (exact) mass is 333 g/mol. The highest BCUT2D eigenvalue weighted by atomic mass is 32.2. The Hall–Kier alpha value is -2.05. The Kier molecular flexibility index (Phi) is 4.28. The van der Waals surface area contributed by atoms with Crippen molar-refractivity contribution < 1.29 is 17.9 Å². The zero-order valence-electron chi connectivity index (χ0n) is 13.1. The first-order chi connectivity index (χ1) is 11.0. The first-order valence-electron chi connectivity index (χ1n) is 7.40. The second-order valence-corrected chi connectivity index (χ2v) is 7.19. The van der Waals surface area contributed by atoms with Crippen LogP contribution in [0.1, 0.15) is 23.6 Å². The second kappa shape index (κ2) is 6.22. The maximum Gasteiger partial charge on any atom is 0.241 e. The Morgan fingerprint density at radius 3 is 2.74 bits per heavy atom. The molecule has 0 aromatic heterocycles. The Morgan fingerprint density at radius 1 is 1.22 bits per heavy atom. The molecule has 1 aliphatic heterocycles. The van der Waals surface area contributed by atoms with Gasteiger partial charge in [0.1, 0.15) is 11.5 Å². The van der Waals surface area contributed by atoms with Crippen molar-refractivity contribution in [2.24, 2.45) is 0 Å². The van der Waals surface area contributed by atoms with Crippen molar-refractivity contribution in [3.05, 3.63) is 53.6 Å². The number of aryl methyl sites for hydroxylation is 1. The molecule has 2 aromatic carbocycles. The van der Waals surface area contributed by atoms with Crippen LogP contribution in [0.15, 0.2) is 47.4 Å². The van der Waals surface area contributed by atoms with Crippen LogP contribution in [-0.2, 0) is 10.0 Å². The highest BCUT2D eigenvalue weighted by molar-refractivity contribution is 7.89. The van der Waals surface area contributed by atoms with Gasteiger partial charge in [0.05, 0.1) is 24.7 Å². The maximum atomic E-state index is 12.7. The van der Waals surface area contributed by atoms with Gasteiger partial charge in [-0.25, -0.2) is 13.1 Å². The lowest BCUT2D eigenvalue weighted by Crippen LogP contribution is -2.32. The summed E-state index contributed by atoms with van der Waals surface area (Å²) in [5.41, 5.74) is 1.65. The number of hydrogen-bond acceptors (Lipinski definition) is 4. The summed E-state index contributed by atoms with van der Waals surface area (Å²) >= 11 is 0. The molecule has 5 nitrogen and oxygen atoms in total. The molecule has 2 aromatic rings. The Morgan fingerprint density at radius 2 is 2.00 bits per heavy atom. The lowest BCUT2D eigenvalue weighted by Gasteiger charge is -2.26. The van der Waals surface area contributed by atoms with Crippen molar-refractivity contribution >= 4 is 10.0 Å². The number of hydrogen-bond donors (Lipinski definition) is 1. The van der Waals surface area contributed by atoms with Gasteiger partial charge in [0.2, 0.25) is 10.0 Å². The van der Waals surface area contributed by atoms with Gasteiger partial charge in [-0.1, -0.05) is 18.2 Å². The Labute approximate surface area is 136 Å². The van der Waals surface area contributed by atoms with Gasteiger partial charge >= 0.3 is 0 Å². The normalized spacial score (nSPS) is 17.2. The molecule has 1 heterocycles. The summed E-state index contributed by atoms with van der Waals surface area (Å²) in [5.74, 6) is 1.40. The van der Waals surface area contributed by atoms with Crippen molar-refractivity contribution in [2.75, 3.05) is 13.7 Å². The van der Waals surface area contributed by atoms with Crippen LogP contribution >= 0.6 is 0 Å². The predicted molar refractivity (Wildman–Crippen MR) is 87.3 cm³/mol. The highest BCUT2D eigenvalue weighted by Gasteiger charge is 2.26. The quantitative estimate of drug-likeness (QED) is 0.934. The van der Waals surface area contributed by atoms with E-state index in [9.17, 15) is 8.42 Å². The van der Waals surface area contributed by atoms with E-state index in [4.69, 9.17) is 9.47 Å². The van der Waals surface area contributed by atoms with Gasteiger partial charge in [0.15, 0.2) is 0 Å². The number of para-hydroxylation sites is 1. The molecule has 0 aliphatic carbocycles. The number of rotatable bonds is 4. The SMILES string of the molecule is COc1ccc(S(=O)(=O)N[C@@H]2CCOc3ccccc32)cc1C. The van der Waals surface area contributed by atoms with Crippen molar-refractivity contribution in [1.29, 1.82) is 0 Å². The molecule has 0 bridgehead atoms. The summed E-state index contributed by atoms with van der Waals surface area (Å²) in [6.45, 7) is 2.31. The fourth-order valence-electron chi connectivity index (χ4n) is 2.74. The molecule has 6 heteroatoms. The Balaban J connectivity index is 1.89. The fourth-order valence-corrected chi connectivity index (χ4v) is 4.07. The third kappa shape index (κ3) is 3.18. The van der Waals surface area contributed by atoms with Crippen LogP contribution in [0.2, 0.25) is 0 Å². The molecule has 0 unspecified atom stereocenters. The minimum atomic E-state index is -3.61. The number of methoxy groups -OCH3 is 1. The van der Waals surface area contributed by atoms with E-state index in [2.05, 4.69) is 4.72 Å². The summed E-state index contributed by atoms with van der Waals surface area (Å²) in [4.78, 5) is 0.236. The molecule has 1 atom stereocenters. The number of nitrogens with one attached hydrogen (secondary N) is 1. The third-order valence-electron chi connectivity index (χ3n) is 3.93. The number of benzene rings is 2. The molecule has 122 valence electrons. The molecule has 0 saturated heterocycles. The lowest BCUT2D eigenvalue weighted by atomic mass is 10.0. The average Bonchev–Trinajstić information content (AvgIpc) is 2.55. The molecule has 0 spiro atoms. The fraction of sp³-hybridized carbons (Fsp3) is 0.294. The van der Waals surface area contributed by atoms with Crippen LogP contribution in [0.5, 0.6) is 11.5 Å². The maximum absolute atomic E-state index is 12.7. The zero-order chi connectivity index (χ0) is 16.4. The molecule has 23 heavy (non-hydrogen) atoms.